The first-order valence-corrected chi connectivity index (χ1v) is 5.27. The molecular formula is C14H11NO4. The molecule has 1 aromatic carbocycles. The van der Waals surface area contributed by atoms with Crippen LogP contribution in [0.5, 0.6) is 5.75 Å². The molecule has 0 saturated heterocycles. The van der Waals surface area contributed by atoms with Crippen molar-refractivity contribution in [2.45, 2.75) is 6.92 Å². The Labute approximate surface area is 110 Å². The first-order valence-electron chi connectivity index (χ1n) is 5.27. The molecule has 0 aliphatic carbocycles. The number of esters is 1. The van der Waals surface area contributed by atoms with Gasteiger partial charge in [-0.1, -0.05) is 18.7 Å². The van der Waals surface area contributed by atoms with Crippen LogP contribution in [0.1, 0.15) is 12.5 Å². The van der Waals surface area contributed by atoms with Gasteiger partial charge in [0.1, 0.15) is 17.4 Å². The second-order valence-corrected chi connectivity index (χ2v) is 3.71. The van der Waals surface area contributed by atoms with E-state index in [1.165, 1.54) is 25.1 Å². The number of carboxylic acid groups (broad SMARTS) is 1. The van der Waals surface area contributed by atoms with Crippen LogP contribution in [-0.4, -0.2) is 17.0 Å². The number of nitrogens with zero attached hydrogens (tertiary/aromatic N) is 1. The van der Waals surface area contributed by atoms with Crippen molar-refractivity contribution in [2.24, 2.45) is 0 Å². The van der Waals surface area contributed by atoms with Crippen molar-refractivity contribution in [3.63, 3.8) is 0 Å². The van der Waals surface area contributed by atoms with Gasteiger partial charge in [-0.2, -0.15) is 5.26 Å². The maximum Gasteiger partial charge on any atom is 0.346 e. The molecule has 0 fully saturated rings. The minimum Gasteiger partial charge on any atom is -0.477 e. The fourth-order valence-electron chi connectivity index (χ4n) is 1.13. The third-order valence-corrected chi connectivity index (χ3v) is 2.10. The van der Waals surface area contributed by atoms with Crippen molar-refractivity contribution in [2.75, 3.05) is 0 Å². The molecule has 0 aromatic heterocycles. The van der Waals surface area contributed by atoms with Crippen LogP contribution >= 0.6 is 0 Å². The maximum absolute atomic E-state index is 11.3. The number of carbonyl (C=O) groups is 2. The Morgan fingerprint density at radius 1 is 1.37 bits per heavy atom. The summed E-state index contributed by atoms with van der Waals surface area (Å²) >= 11 is 0. The van der Waals surface area contributed by atoms with Gasteiger partial charge >= 0.3 is 11.9 Å². The molecule has 1 N–H and O–H groups in total. The van der Waals surface area contributed by atoms with Crippen molar-refractivity contribution >= 4 is 18.0 Å². The monoisotopic (exact) mass is 257 g/mol. The van der Waals surface area contributed by atoms with Crippen LogP contribution in [0.2, 0.25) is 0 Å². The van der Waals surface area contributed by atoms with Gasteiger partial charge < -0.3 is 9.84 Å². The van der Waals surface area contributed by atoms with E-state index in [0.29, 0.717) is 11.3 Å². The Morgan fingerprint density at radius 3 is 2.37 bits per heavy atom. The Morgan fingerprint density at radius 2 is 1.95 bits per heavy atom. The first kappa shape index (κ1) is 14.2. The molecule has 19 heavy (non-hydrogen) atoms. The van der Waals surface area contributed by atoms with Gasteiger partial charge in [0, 0.05) is 5.57 Å². The number of ether oxygens (including phenoxy) is 1. The number of nitriles is 1. The number of carboxylic acids is 1. The molecule has 0 radical (unpaired) electrons. The van der Waals surface area contributed by atoms with Gasteiger partial charge in [-0.25, -0.2) is 9.59 Å². The van der Waals surface area contributed by atoms with Crippen molar-refractivity contribution in [3.05, 3.63) is 47.6 Å². The summed E-state index contributed by atoms with van der Waals surface area (Å²) in [5, 5.41) is 17.3. The molecule has 0 aliphatic rings. The van der Waals surface area contributed by atoms with Gasteiger partial charge in [-0.05, 0) is 30.7 Å². The minimum atomic E-state index is -1.29. The quantitative estimate of drug-likeness (QED) is 0.386. The largest absolute Gasteiger partial charge is 0.477 e. The summed E-state index contributed by atoms with van der Waals surface area (Å²) < 4.78 is 4.97. The Bertz CT molecular complexity index is 591. The Kier molecular flexibility index (Phi) is 4.61. The van der Waals surface area contributed by atoms with E-state index < -0.39 is 11.9 Å². The lowest BCUT2D eigenvalue weighted by atomic mass is 10.1. The molecule has 1 aromatic rings. The van der Waals surface area contributed by atoms with Gasteiger partial charge in [0.25, 0.3) is 0 Å². The molecule has 96 valence electrons. The van der Waals surface area contributed by atoms with E-state index in [9.17, 15) is 9.59 Å². The highest BCUT2D eigenvalue weighted by Crippen LogP contribution is 2.15. The molecule has 0 heterocycles. The molecule has 0 bridgehead atoms. The van der Waals surface area contributed by atoms with Gasteiger partial charge in [0.2, 0.25) is 0 Å². The van der Waals surface area contributed by atoms with Crippen LogP contribution in [0.3, 0.4) is 0 Å². The topological polar surface area (TPSA) is 87.4 Å². The van der Waals surface area contributed by atoms with E-state index in [0.717, 1.165) is 0 Å². The number of hydrogen-bond acceptors (Lipinski definition) is 4. The molecule has 0 spiro atoms. The summed E-state index contributed by atoms with van der Waals surface area (Å²) in [6.45, 7) is 4.99. The van der Waals surface area contributed by atoms with Gasteiger partial charge in [-0.3, -0.25) is 0 Å². The third-order valence-electron chi connectivity index (χ3n) is 2.10. The van der Waals surface area contributed by atoms with E-state index in [-0.39, 0.29) is 11.1 Å². The zero-order chi connectivity index (χ0) is 14.4. The van der Waals surface area contributed by atoms with Crippen LogP contribution in [0.15, 0.2) is 42.0 Å². The van der Waals surface area contributed by atoms with Crippen molar-refractivity contribution < 1.29 is 19.4 Å². The molecule has 0 aliphatic heterocycles. The number of hydrogen-bond donors (Lipinski definition) is 1. The average Bonchev–Trinajstić information content (AvgIpc) is 2.37. The molecule has 5 heteroatoms. The van der Waals surface area contributed by atoms with Crippen LogP contribution in [0.25, 0.3) is 6.08 Å². The second-order valence-electron chi connectivity index (χ2n) is 3.71. The van der Waals surface area contributed by atoms with Crippen molar-refractivity contribution in [1.29, 1.82) is 5.26 Å². The molecule has 5 nitrogen and oxygen atoms in total. The van der Waals surface area contributed by atoms with E-state index in [1.54, 1.807) is 18.2 Å². The van der Waals surface area contributed by atoms with Gasteiger partial charge in [0.15, 0.2) is 0 Å². The van der Waals surface area contributed by atoms with Crippen LogP contribution in [0.4, 0.5) is 0 Å². The van der Waals surface area contributed by atoms with Gasteiger partial charge in [0.05, 0.1) is 0 Å². The fourth-order valence-corrected chi connectivity index (χ4v) is 1.13. The Hall–Kier alpha value is -2.87. The van der Waals surface area contributed by atoms with Crippen LogP contribution < -0.4 is 4.74 Å². The molecule has 0 unspecified atom stereocenters. The van der Waals surface area contributed by atoms with E-state index in [1.807, 2.05) is 0 Å². The normalized spacial score (nSPS) is 10.4. The summed E-state index contributed by atoms with van der Waals surface area (Å²) in [6.07, 6.45) is 1.23. The molecule has 0 amide bonds. The average molecular weight is 257 g/mol. The lowest BCUT2D eigenvalue weighted by molar-refractivity contribution is -0.132. The van der Waals surface area contributed by atoms with E-state index in [4.69, 9.17) is 15.1 Å². The fraction of sp³-hybridized carbons (Fsp3) is 0.0714. The molecule has 0 saturated carbocycles. The standard InChI is InChI=1S/C14H11NO4/c1-9(2)14(18)19-12-5-3-10(4-6-12)7-11(8-15)13(16)17/h3-7H,1H2,2H3,(H,16,17). The minimum absolute atomic E-state index is 0.279. The Balaban J connectivity index is 2.89. The van der Waals surface area contributed by atoms with Gasteiger partial charge in [-0.15, -0.1) is 0 Å². The number of benzene rings is 1. The maximum atomic E-state index is 11.3. The highest BCUT2D eigenvalue weighted by Gasteiger charge is 2.07. The van der Waals surface area contributed by atoms with E-state index in [2.05, 4.69) is 6.58 Å². The van der Waals surface area contributed by atoms with Crippen molar-refractivity contribution in [1.82, 2.24) is 0 Å². The SMILES string of the molecule is C=C(C)C(=O)Oc1ccc(C=C(C#N)C(=O)O)cc1. The lowest BCUT2D eigenvalue weighted by Gasteiger charge is -2.03. The predicted molar refractivity (Wildman–Crippen MR) is 68.1 cm³/mol. The number of rotatable bonds is 4. The third kappa shape index (κ3) is 4.13. The zero-order valence-electron chi connectivity index (χ0n) is 10.2. The summed E-state index contributed by atoms with van der Waals surface area (Å²) in [7, 11) is 0. The summed E-state index contributed by atoms with van der Waals surface area (Å²) in [5.41, 5.74) is 0.433. The van der Waals surface area contributed by atoms with E-state index >= 15 is 0 Å². The molecule has 1 rings (SSSR count). The predicted octanol–water partition coefficient (Wildman–Crippen LogP) is 2.16. The highest BCUT2D eigenvalue weighted by molar-refractivity contribution is 5.96. The summed E-state index contributed by atoms with van der Waals surface area (Å²) in [6, 6.07) is 7.67. The van der Waals surface area contributed by atoms with Crippen molar-refractivity contribution in [3.8, 4) is 11.8 Å². The highest BCUT2D eigenvalue weighted by atomic mass is 16.5. The number of aliphatic carboxylic acids is 1. The summed E-state index contributed by atoms with van der Waals surface area (Å²) in [5.74, 6) is -1.51. The lowest BCUT2D eigenvalue weighted by Crippen LogP contribution is -2.07. The summed E-state index contributed by atoms with van der Waals surface area (Å²) in [4.78, 5) is 21.9. The van der Waals surface area contributed by atoms with Crippen LogP contribution in [0, 0.1) is 11.3 Å². The first-order chi connectivity index (χ1) is 8.93. The smallest absolute Gasteiger partial charge is 0.346 e. The molecular weight excluding hydrogens is 246 g/mol. The zero-order valence-corrected chi connectivity index (χ0v) is 10.2. The second kappa shape index (κ2) is 6.17. The number of carbonyl (C=O) groups excluding carboxylic acids is 1. The van der Waals surface area contributed by atoms with Crippen LogP contribution in [-0.2, 0) is 9.59 Å². The molecule has 0 atom stereocenters.